The lowest BCUT2D eigenvalue weighted by molar-refractivity contribution is -0.188. The van der Waals surface area contributed by atoms with Crippen molar-refractivity contribution in [2.24, 2.45) is 16.7 Å². The lowest BCUT2D eigenvalue weighted by Crippen LogP contribution is -2.70. The van der Waals surface area contributed by atoms with Gasteiger partial charge in [0.15, 0.2) is 0 Å². The zero-order valence-electron chi connectivity index (χ0n) is 14.9. The molecule has 2 saturated carbocycles. The van der Waals surface area contributed by atoms with Gasteiger partial charge in [-0.3, -0.25) is 0 Å². The summed E-state index contributed by atoms with van der Waals surface area (Å²) in [4.78, 5) is 0. The molecule has 4 aliphatic rings. The van der Waals surface area contributed by atoms with Gasteiger partial charge < -0.3 is 10.2 Å². The fourth-order valence-corrected chi connectivity index (χ4v) is 12.9. The molecule has 4 atom stereocenters. The first-order valence-corrected chi connectivity index (χ1v) is 13.4. The summed E-state index contributed by atoms with van der Waals surface area (Å²) >= 11 is 7.60. The third kappa shape index (κ3) is 2.10. The van der Waals surface area contributed by atoms with Crippen LogP contribution in [0.5, 0.6) is 0 Å². The Morgan fingerprint density at radius 2 is 1.29 bits per heavy atom. The van der Waals surface area contributed by atoms with E-state index in [1.165, 1.54) is 12.8 Å². The van der Waals surface area contributed by atoms with Crippen LogP contribution in [0.3, 0.4) is 0 Å². The smallest absolute Gasteiger partial charge is 0.122 e. The molecule has 138 valence electrons. The molecule has 6 heteroatoms. The van der Waals surface area contributed by atoms with Crippen molar-refractivity contribution in [2.75, 3.05) is 23.0 Å². The van der Waals surface area contributed by atoms with Crippen LogP contribution in [0.25, 0.3) is 0 Å². The van der Waals surface area contributed by atoms with Gasteiger partial charge in [0.05, 0.1) is 9.16 Å². The van der Waals surface area contributed by atoms with Gasteiger partial charge in [-0.1, -0.05) is 20.8 Å². The maximum absolute atomic E-state index is 12.4. The molecule has 2 aliphatic heterocycles. The van der Waals surface area contributed by atoms with E-state index < -0.39 is 11.2 Å². The highest BCUT2D eigenvalue weighted by molar-refractivity contribution is 8.18. The standard InChI is InChI=1S/C18H30O2S4/c1-15(2)12-6-7-16(15,3)18(20,14-23-10-5-11-24-14)17(12,19)13-21-8-4-9-22-13/h12-14,19-20H,4-11H2,1-3H3/t12-,16+,17-,18-/m1/s1. The summed E-state index contributed by atoms with van der Waals surface area (Å²) in [6, 6.07) is 0. The normalized spacial score (nSPS) is 49.6. The van der Waals surface area contributed by atoms with E-state index in [2.05, 4.69) is 20.8 Å². The molecular weight excluding hydrogens is 376 g/mol. The van der Waals surface area contributed by atoms with Crippen LogP contribution in [0.2, 0.25) is 0 Å². The summed E-state index contributed by atoms with van der Waals surface area (Å²) in [5, 5.41) is 24.6. The monoisotopic (exact) mass is 406 g/mol. The van der Waals surface area contributed by atoms with E-state index in [1.807, 2.05) is 47.0 Å². The van der Waals surface area contributed by atoms with Gasteiger partial charge >= 0.3 is 0 Å². The van der Waals surface area contributed by atoms with Gasteiger partial charge in [-0.25, -0.2) is 0 Å². The Bertz CT molecular complexity index is 503. The van der Waals surface area contributed by atoms with Crippen LogP contribution in [-0.4, -0.2) is 53.6 Å². The summed E-state index contributed by atoms with van der Waals surface area (Å²) in [6.07, 6.45) is 4.54. The molecule has 4 fully saturated rings. The summed E-state index contributed by atoms with van der Waals surface area (Å²) in [5.41, 5.74) is -2.20. The van der Waals surface area contributed by atoms with E-state index in [0.29, 0.717) is 0 Å². The van der Waals surface area contributed by atoms with Gasteiger partial charge in [0, 0.05) is 5.41 Å². The Morgan fingerprint density at radius 1 is 0.792 bits per heavy atom. The minimum atomic E-state index is -0.996. The molecule has 2 N–H and O–H groups in total. The Balaban J connectivity index is 1.83. The van der Waals surface area contributed by atoms with Crippen LogP contribution in [0, 0.1) is 16.7 Å². The molecule has 2 heterocycles. The molecule has 0 aromatic rings. The van der Waals surface area contributed by atoms with Crippen molar-refractivity contribution in [2.45, 2.75) is 66.8 Å². The number of hydrogen-bond donors (Lipinski definition) is 2. The van der Waals surface area contributed by atoms with Gasteiger partial charge in [0.1, 0.15) is 11.2 Å². The topological polar surface area (TPSA) is 40.5 Å². The second-order valence-corrected chi connectivity index (χ2v) is 14.0. The van der Waals surface area contributed by atoms with Gasteiger partial charge in [0.25, 0.3) is 0 Å². The van der Waals surface area contributed by atoms with Crippen LogP contribution in [-0.2, 0) is 0 Å². The molecule has 2 saturated heterocycles. The molecule has 0 amide bonds. The molecule has 4 rings (SSSR count). The van der Waals surface area contributed by atoms with Gasteiger partial charge in [-0.2, -0.15) is 0 Å². The molecule has 0 aromatic carbocycles. The van der Waals surface area contributed by atoms with Crippen LogP contribution in [0.4, 0.5) is 0 Å². The van der Waals surface area contributed by atoms with Crippen molar-refractivity contribution >= 4 is 47.0 Å². The van der Waals surface area contributed by atoms with E-state index in [0.717, 1.165) is 35.9 Å². The second-order valence-electron chi connectivity index (χ2n) is 8.59. The van der Waals surface area contributed by atoms with Crippen molar-refractivity contribution in [3.8, 4) is 0 Å². The molecule has 0 radical (unpaired) electrons. The first kappa shape index (κ1) is 18.7. The average Bonchev–Trinajstić information content (AvgIpc) is 2.90. The van der Waals surface area contributed by atoms with E-state index in [4.69, 9.17) is 0 Å². The molecule has 0 aromatic heterocycles. The molecule has 2 bridgehead atoms. The van der Waals surface area contributed by atoms with E-state index in [-0.39, 0.29) is 25.9 Å². The number of aliphatic hydroxyl groups is 2. The van der Waals surface area contributed by atoms with E-state index in [9.17, 15) is 10.2 Å². The Morgan fingerprint density at radius 3 is 1.83 bits per heavy atom. The lowest BCUT2D eigenvalue weighted by atomic mass is 9.63. The highest BCUT2D eigenvalue weighted by Gasteiger charge is 2.83. The van der Waals surface area contributed by atoms with E-state index in [1.54, 1.807) is 0 Å². The average molecular weight is 407 g/mol. The van der Waals surface area contributed by atoms with Crippen LogP contribution >= 0.6 is 47.0 Å². The fraction of sp³-hybridized carbons (Fsp3) is 1.00. The van der Waals surface area contributed by atoms with Crippen molar-refractivity contribution in [3.05, 3.63) is 0 Å². The van der Waals surface area contributed by atoms with E-state index >= 15 is 0 Å². The highest BCUT2D eigenvalue weighted by Crippen LogP contribution is 2.78. The Labute approximate surface area is 163 Å². The van der Waals surface area contributed by atoms with Crippen molar-refractivity contribution in [3.63, 3.8) is 0 Å². The quantitative estimate of drug-likeness (QED) is 0.713. The highest BCUT2D eigenvalue weighted by atomic mass is 32.2. The summed E-state index contributed by atoms with van der Waals surface area (Å²) in [6.45, 7) is 6.90. The molecule has 24 heavy (non-hydrogen) atoms. The predicted molar refractivity (Wildman–Crippen MR) is 111 cm³/mol. The Hall–Kier alpha value is 1.32. The number of rotatable bonds is 2. The minimum absolute atomic E-state index is 0.0202. The zero-order chi connectivity index (χ0) is 17.2. The number of hydrogen-bond acceptors (Lipinski definition) is 6. The SMILES string of the molecule is CC1(C)[C@H]2CC[C@]1(C)[C@](O)(C1SCCCS1)[C@]2(O)C1SCCCS1. The van der Waals surface area contributed by atoms with Gasteiger partial charge in [-0.15, -0.1) is 47.0 Å². The fourth-order valence-electron chi connectivity index (χ4n) is 5.92. The first-order valence-electron chi connectivity index (χ1n) is 9.21. The summed E-state index contributed by atoms with van der Waals surface area (Å²) in [5.74, 6) is 4.66. The van der Waals surface area contributed by atoms with Crippen LogP contribution in [0.1, 0.15) is 46.5 Å². The van der Waals surface area contributed by atoms with Crippen LogP contribution < -0.4 is 0 Å². The third-order valence-electron chi connectivity index (χ3n) is 7.56. The largest absolute Gasteiger partial charge is 0.384 e. The van der Waals surface area contributed by atoms with Crippen LogP contribution in [0.15, 0.2) is 0 Å². The van der Waals surface area contributed by atoms with Gasteiger partial charge in [-0.05, 0) is 60.0 Å². The maximum atomic E-state index is 12.4. The maximum Gasteiger partial charge on any atom is 0.122 e. The third-order valence-corrected chi connectivity index (χ3v) is 13.9. The van der Waals surface area contributed by atoms with Crippen molar-refractivity contribution in [1.82, 2.24) is 0 Å². The molecule has 0 spiro atoms. The summed E-state index contributed by atoms with van der Waals surface area (Å²) in [7, 11) is 0. The Kier molecular flexibility index (Phi) is 4.80. The summed E-state index contributed by atoms with van der Waals surface area (Å²) < 4.78 is 0.222. The first-order chi connectivity index (χ1) is 11.3. The minimum Gasteiger partial charge on any atom is -0.384 e. The number of fused-ring (bicyclic) bond motifs is 2. The molecule has 2 aliphatic carbocycles. The zero-order valence-corrected chi connectivity index (χ0v) is 18.2. The van der Waals surface area contributed by atoms with Crippen molar-refractivity contribution in [1.29, 1.82) is 0 Å². The number of thioether (sulfide) groups is 4. The molecule has 0 unspecified atom stereocenters. The second kappa shape index (κ2) is 6.16. The molecule has 2 nitrogen and oxygen atoms in total. The lowest BCUT2D eigenvalue weighted by Gasteiger charge is -2.57. The molecular formula is C18H30O2S4. The predicted octanol–water partition coefficient (Wildman–Crippen LogP) is 4.30. The van der Waals surface area contributed by atoms with Gasteiger partial charge in [0.2, 0.25) is 0 Å². The van der Waals surface area contributed by atoms with Crippen molar-refractivity contribution < 1.29 is 10.2 Å².